The molecule has 2 aliphatic rings. The standard InChI is InChI=1S/C30H29ClN4O4S/c1-18-14-22(19(2)34(18)21-8-10-26-27(16-21)39-17-38-26)29-28(24-6-4-5-11-32-24)33-30(40)35(29)20-7-9-25(23(31)15-20)37-13-12-36-3/h4-11,14-16,28-29H,12-13,17H2,1-3H3,(H,33,40). The van der Waals surface area contributed by atoms with E-state index < -0.39 is 0 Å². The Morgan fingerprint density at radius 3 is 2.62 bits per heavy atom. The Kier molecular flexibility index (Phi) is 7.27. The number of benzene rings is 2. The minimum atomic E-state index is -0.187. The van der Waals surface area contributed by atoms with Crippen molar-refractivity contribution in [2.75, 3.05) is 32.0 Å². The summed E-state index contributed by atoms with van der Waals surface area (Å²) < 4.78 is 24.3. The van der Waals surface area contributed by atoms with Gasteiger partial charge in [-0.05, 0) is 80.2 Å². The van der Waals surface area contributed by atoms with E-state index in [1.807, 2.05) is 54.6 Å². The van der Waals surface area contributed by atoms with Crippen molar-refractivity contribution in [2.24, 2.45) is 0 Å². The molecular weight excluding hydrogens is 548 g/mol. The smallest absolute Gasteiger partial charge is 0.231 e. The fourth-order valence-electron chi connectivity index (χ4n) is 5.45. The van der Waals surface area contributed by atoms with Crippen LogP contribution in [0.25, 0.3) is 5.69 Å². The summed E-state index contributed by atoms with van der Waals surface area (Å²) in [6, 6.07) is 19.5. The second-order valence-electron chi connectivity index (χ2n) is 9.65. The molecule has 0 spiro atoms. The van der Waals surface area contributed by atoms with Crippen molar-refractivity contribution in [1.82, 2.24) is 14.9 Å². The first kappa shape index (κ1) is 26.4. The van der Waals surface area contributed by atoms with Crippen molar-refractivity contribution in [3.8, 4) is 22.9 Å². The second kappa shape index (κ2) is 11.0. The Balaban J connectivity index is 1.43. The second-order valence-corrected chi connectivity index (χ2v) is 10.4. The van der Waals surface area contributed by atoms with Gasteiger partial charge >= 0.3 is 0 Å². The van der Waals surface area contributed by atoms with Gasteiger partial charge in [0.05, 0.1) is 29.4 Å². The SMILES string of the molecule is COCCOc1ccc(N2C(=S)NC(c3ccccn3)C2c2cc(C)n(-c3ccc4c(c3)OCO4)c2C)cc1Cl. The molecule has 4 aromatic rings. The maximum atomic E-state index is 6.67. The first-order valence-electron chi connectivity index (χ1n) is 13.0. The van der Waals surface area contributed by atoms with Crippen molar-refractivity contribution in [3.05, 3.63) is 94.5 Å². The lowest BCUT2D eigenvalue weighted by molar-refractivity contribution is 0.146. The van der Waals surface area contributed by atoms with Gasteiger partial charge < -0.3 is 33.7 Å². The Morgan fingerprint density at radius 1 is 1.02 bits per heavy atom. The van der Waals surface area contributed by atoms with Crippen LogP contribution in [0.2, 0.25) is 5.02 Å². The van der Waals surface area contributed by atoms with Crippen molar-refractivity contribution in [2.45, 2.75) is 25.9 Å². The van der Waals surface area contributed by atoms with Crippen LogP contribution in [0.3, 0.4) is 0 Å². The van der Waals surface area contributed by atoms with E-state index in [1.165, 1.54) is 0 Å². The number of halogens is 1. The van der Waals surface area contributed by atoms with Crippen molar-refractivity contribution in [3.63, 3.8) is 0 Å². The summed E-state index contributed by atoms with van der Waals surface area (Å²) in [5.41, 5.74) is 6.05. The maximum absolute atomic E-state index is 6.67. The van der Waals surface area contributed by atoms with Crippen molar-refractivity contribution >= 4 is 34.6 Å². The third kappa shape index (κ3) is 4.74. The molecule has 8 nitrogen and oxygen atoms in total. The number of aromatic nitrogens is 2. The minimum absolute atomic E-state index is 0.184. The van der Waals surface area contributed by atoms with Crippen LogP contribution in [-0.4, -0.2) is 41.8 Å². The highest BCUT2D eigenvalue weighted by molar-refractivity contribution is 7.80. The molecule has 4 heterocycles. The Morgan fingerprint density at radius 2 is 1.85 bits per heavy atom. The van der Waals surface area contributed by atoms with Gasteiger partial charge in [-0.2, -0.15) is 0 Å². The van der Waals surface area contributed by atoms with Crippen LogP contribution in [0.1, 0.15) is 34.7 Å². The molecule has 2 atom stereocenters. The highest BCUT2D eigenvalue weighted by Gasteiger charge is 2.42. The number of thiocarbonyl (C=S) groups is 1. The van der Waals surface area contributed by atoms with E-state index in [2.05, 4.69) is 39.7 Å². The number of nitrogens with one attached hydrogen (secondary N) is 1. The number of pyridine rings is 1. The molecule has 1 fully saturated rings. The van der Waals surface area contributed by atoms with E-state index >= 15 is 0 Å². The summed E-state index contributed by atoms with van der Waals surface area (Å²) in [6.45, 7) is 5.35. The summed E-state index contributed by atoms with van der Waals surface area (Å²) in [5, 5.41) is 4.63. The van der Waals surface area contributed by atoms with Gasteiger partial charge in [0, 0.05) is 42.1 Å². The van der Waals surface area contributed by atoms with Gasteiger partial charge in [-0.1, -0.05) is 17.7 Å². The average molecular weight is 577 g/mol. The fraction of sp³-hybridized carbons (Fsp3) is 0.267. The van der Waals surface area contributed by atoms with Crippen LogP contribution < -0.4 is 24.4 Å². The van der Waals surface area contributed by atoms with Gasteiger partial charge in [-0.15, -0.1) is 0 Å². The molecule has 0 aliphatic carbocycles. The van der Waals surface area contributed by atoms with Crippen molar-refractivity contribution < 1.29 is 18.9 Å². The molecule has 2 aromatic heterocycles. The summed E-state index contributed by atoms with van der Waals surface area (Å²) >= 11 is 12.6. The highest BCUT2D eigenvalue weighted by atomic mass is 35.5. The van der Waals surface area contributed by atoms with Gasteiger partial charge in [-0.3, -0.25) is 4.98 Å². The van der Waals surface area contributed by atoms with E-state index in [0.717, 1.165) is 45.5 Å². The number of aryl methyl sites for hydroxylation is 1. The molecule has 2 aromatic carbocycles. The molecule has 10 heteroatoms. The van der Waals surface area contributed by atoms with Crippen molar-refractivity contribution in [1.29, 1.82) is 0 Å². The predicted octanol–water partition coefficient (Wildman–Crippen LogP) is 6.07. The molecule has 6 rings (SSSR count). The quantitative estimate of drug-likeness (QED) is 0.200. The Hall–Kier alpha value is -3.79. The molecule has 0 bridgehead atoms. The van der Waals surface area contributed by atoms with Gasteiger partial charge in [-0.25, -0.2) is 0 Å². The molecular formula is C30H29ClN4O4S. The fourth-order valence-corrected chi connectivity index (χ4v) is 6.02. The molecule has 40 heavy (non-hydrogen) atoms. The highest BCUT2D eigenvalue weighted by Crippen LogP contribution is 2.45. The molecule has 2 unspecified atom stereocenters. The van der Waals surface area contributed by atoms with E-state index in [1.54, 1.807) is 13.3 Å². The van der Waals surface area contributed by atoms with E-state index in [0.29, 0.717) is 29.1 Å². The number of hydrogen-bond acceptors (Lipinski definition) is 6. The Labute approximate surface area is 243 Å². The van der Waals surface area contributed by atoms with E-state index in [4.69, 9.17) is 42.8 Å². The normalized spacial score (nSPS) is 17.8. The maximum Gasteiger partial charge on any atom is 0.231 e. The Bertz CT molecular complexity index is 1560. The average Bonchev–Trinajstić information content (AvgIpc) is 3.64. The molecule has 0 saturated carbocycles. The summed E-state index contributed by atoms with van der Waals surface area (Å²) in [4.78, 5) is 6.80. The monoisotopic (exact) mass is 576 g/mol. The van der Waals surface area contributed by atoms with Crippen LogP contribution in [0, 0.1) is 13.8 Å². The molecule has 0 amide bonds. The first-order chi connectivity index (χ1) is 19.5. The summed E-state index contributed by atoms with van der Waals surface area (Å²) in [7, 11) is 1.64. The third-order valence-electron chi connectivity index (χ3n) is 7.24. The lowest BCUT2D eigenvalue weighted by atomic mass is 9.96. The third-order valence-corrected chi connectivity index (χ3v) is 7.85. The first-order valence-corrected chi connectivity index (χ1v) is 13.8. The van der Waals surface area contributed by atoms with Crippen LogP contribution in [-0.2, 0) is 4.74 Å². The zero-order valence-electron chi connectivity index (χ0n) is 22.4. The molecule has 1 saturated heterocycles. The van der Waals surface area contributed by atoms with Gasteiger partial charge in [0.15, 0.2) is 16.6 Å². The van der Waals surface area contributed by atoms with Crippen LogP contribution in [0.4, 0.5) is 5.69 Å². The van der Waals surface area contributed by atoms with E-state index in [-0.39, 0.29) is 18.9 Å². The zero-order chi connectivity index (χ0) is 27.8. The van der Waals surface area contributed by atoms with Gasteiger partial charge in [0.2, 0.25) is 6.79 Å². The summed E-state index contributed by atoms with van der Waals surface area (Å²) in [5.74, 6) is 2.09. The predicted molar refractivity (Wildman–Crippen MR) is 158 cm³/mol. The van der Waals surface area contributed by atoms with E-state index in [9.17, 15) is 0 Å². The number of hydrogen-bond donors (Lipinski definition) is 1. The molecule has 2 aliphatic heterocycles. The van der Waals surface area contributed by atoms with Gasteiger partial charge in [0.1, 0.15) is 12.4 Å². The minimum Gasteiger partial charge on any atom is -0.490 e. The lowest BCUT2D eigenvalue weighted by Gasteiger charge is -2.28. The molecule has 0 radical (unpaired) electrons. The number of anilines is 1. The summed E-state index contributed by atoms with van der Waals surface area (Å²) in [6.07, 6.45) is 1.80. The number of nitrogens with zero attached hydrogens (tertiary/aromatic N) is 3. The van der Waals surface area contributed by atoms with Crippen LogP contribution in [0.15, 0.2) is 66.9 Å². The number of rotatable bonds is 8. The molecule has 1 N–H and O–H groups in total. The topological polar surface area (TPSA) is 70.0 Å². The van der Waals surface area contributed by atoms with Gasteiger partial charge in [0.25, 0.3) is 0 Å². The lowest BCUT2D eigenvalue weighted by Crippen LogP contribution is -2.29. The molecule has 206 valence electrons. The number of methoxy groups -OCH3 is 1. The largest absolute Gasteiger partial charge is 0.490 e. The number of fused-ring (bicyclic) bond motifs is 1. The van der Waals surface area contributed by atoms with Crippen LogP contribution >= 0.6 is 23.8 Å². The van der Waals surface area contributed by atoms with Crippen LogP contribution in [0.5, 0.6) is 17.2 Å². The zero-order valence-corrected chi connectivity index (χ0v) is 24.0. The number of ether oxygens (including phenoxy) is 4.